The van der Waals surface area contributed by atoms with Crippen LogP contribution in [0.2, 0.25) is 0 Å². The van der Waals surface area contributed by atoms with Crippen LogP contribution < -0.4 is 10.2 Å². The van der Waals surface area contributed by atoms with Crippen molar-refractivity contribution >= 4 is 18.1 Å². The van der Waals surface area contributed by atoms with E-state index in [1.54, 1.807) is 0 Å². The molecule has 3 heteroatoms. The number of rotatable bonds is 4. The second-order valence-electron chi connectivity index (χ2n) is 7.70. The summed E-state index contributed by atoms with van der Waals surface area (Å²) in [6.45, 7) is 0. The van der Waals surface area contributed by atoms with E-state index in [1.165, 1.54) is 75.2 Å². The van der Waals surface area contributed by atoms with Crippen molar-refractivity contribution in [1.29, 1.82) is 0 Å². The van der Waals surface area contributed by atoms with Crippen LogP contribution in [0, 0.1) is 0 Å². The summed E-state index contributed by atoms with van der Waals surface area (Å²) in [7, 11) is 1.84. The molecule has 1 aromatic carbocycles. The van der Waals surface area contributed by atoms with Crippen molar-refractivity contribution in [3.05, 3.63) is 24.3 Å². The van der Waals surface area contributed by atoms with Gasteiger partial charge < -0.3 is 9.46 Å². The van der Waals surface area contributed by atoms with Gasteiger partial charge in [0.1, 0.15) is 7.14 Å². The van der Waals surface area contributed by atoms with E-state index in [0.29, 0.717) is 11.3 Å². The average molecular weight is 333 g/mol. The molecule has 23 heavy (non-hydrogen) atoms. The number of nitrogens with zero attached hydrogens (tertiary/aromatic N) is 1. The molecule has 2 aliphatic rings. The molecule has 0 bridgehead atoms. The summed E-state index contributed by atoms with van der Waals surface area (Å²) in [6, 6.07) is 8.68. The maximum atomic E-state index is 14.4. The van der Waals surface area contributed by atoms with Crippen molar-refractivity contribution in [3.63, 3.8) is 0 Å². The number of hydrogen-bond acceptors (Lipinski definition) is 2. The third-order valence-electron chi connectivity index (χ3n) is 6.00. The Labute approximate surface area is 142 Å². The molecular weight excluding hydrogens is 301 g/mol. The Balaban J connectivity index is 1.94. The van der Waals surface area contributed by atoms with Gasteiger partial charge in [-0.25, -0.2) is 0 Å². The minimum atomic E-state index is -2.29. The fraction of sp³-hybridized carbons (Fsp3) is 0.700. The molecule has 0 atom stereocenters. The Morgan fingerprint density at radius 1 is 0.783 bits per heavy atom. The van der Waals surface area contributed by atoms with Crippen LogP contribution in [-0.2, 0) is 4.57 Å². The Bertz CT molecular complexity index is 517. The van der Waals surface area contributed by atoms with Crippen molar-refractivity contribution in [2.75, 3.05) is 19.0 Å². The van der Waals surface area contributed by atoms with E-state index in [-0.39, 0.29) is 0 Å². The van der Waals surface area contributed by atoms with Crippen molar-refractivity contribution < 1.29 is 4.57 Å². The smallest absolute Gasteiger partial charge is 0.121 e. The monoisotopic (exact) mass is 333 g/mol. The van der Waals surface area contributed by atoms with Gasteiger partial charge in [0, 0.05) is 36.4 Å². The normalized spacial score (nSPS) is 21.3. The molecule has 2 nitrogen and oxygen atoms in total. The molecule has 128 valence electrons. The van der Waals surface area contributed by atoms with Crippen LogP contribution in [0.4, 0.5) is 5.69 Å². The number of benzene rings is 1. The zero-order valence-electron chi connectivity index (χ0n) is 14.8. The molecule has 1 aromatic rings. The van der Waals surface area contributed by atoms with Crippen molar-refractivity contribution in [2.45, 2.75) is 75.5 Å². The van der Waals surface area contributed by atoms with Crippen LogP contribution in [-0.4, -0.2) is 25.4 Å². The second-order valence-corrected chi connectivity index (χ2v) is 11.1. The van der Waals surface area contributed by atoms with Crippen LogP contribution in [0.3, 0.4) is 0 Å². The molecule has 0 radical (unpaired) electrons. The fourth-order valence-electron chi connectivity index (χ4n) is 4.63. The summed E-state index contributed by atoms with van der Waals surface area (Å²) >= 11 is 0. The Hall–Kier alpha value is -0.750. The van der Waals surface area contributed by atoms with E-state index in [9.17, 15) is 4.57 Å². The third kappa shape index (κ3) is 3.53. The predicted molar refractivity (Wildman–Crippen MR) is 102 cm³/mol. The zero-order valence-corrected chi connectivity index (χ0v) is 15.7. The molecule has 0 amide bonds. The lowest BCUT2D eigenvalue weighted by Gasteiger charge is -2.38. The van der Waals surface area contributed by atoms with Gasteiger partial charge in [0.25, 0.3) is 0 Å². The highest BCUT2D eigenvalue weighted by Gasteiger charge is 2.42. The van der Waals surface area contributed by atoms with Gasteiger partial charge in [0.05, 0.1) is 0 Å². The second kappa shape index (κ2) is 7.43. The summed E-state index contributed by atoms with van der Waals surface area (Å²) in [5.41, 5.74) is 2.10. The Kier molecular flexibility index (Phi) is 5.52. The van der Waals surface area contributed by atoms with E-state index in [1.807, 2.05) is 0 Å². The van der Waals surface area contributed by atoms with Gasteiger partial charge in [-0.3, -0.25) is 0 Å². The highest BCUT2D eigenvalue weighted by Crippen LogP contribution is 2.61. The van der Waals surface area contributed by atoms with Gasteiger partial charge in [-0.05, 0) is 49.9 Å². The molecule has 0 heterocycles. The van der Waals surface area contributed by atoms with Crippen LogP contribution in [0.1, 0.15) is 64.2 Å². The molecule has 0 aromatic heterocycles. The summed E-state index contributed by atoms with van der Waals surface area (Å²) < 4.78 is 14.4. The lowest BCUT2D eigenvalue weighted by Crippen LogP contribution is -2.29. The van der Waals surface area contributed by atoms with E-state index < -0.39 is 7.14 Å². The van der Waals surface area contributed by atoms with Crippen LogP contribution in [0.25, 0.3) is 0 Å². The molecular formula is C20H32NOP. The van der Waals surface area contributed by atoms with Crippen molar-refractivity contribution in [1.82, 2.24) is 0 Å². The predicted octanol–water partition coefficient (Wildman–Crippen LogP) is 5.41. The molecule has 3 rings (SSSR count). The van der Waals surface area contributed by atoms with Gasteiger partial charge in [0.2, 0.25) is 0 Å². The summed E-state index contributed by atoms with van der Waals surface area (Å²) in [5.74, 6) is 0. The van der Waals surface area contributed by atoms with Crippen molar-refractivity contribution in [3.8, 4) is 0 Å². The van der Waals surface area contributed by atoms with E-state index in [4.69, 9.17) is 0 Å². The third-order valence-corrected chi connectivity index (χ3v) is 10.3. The van der Waals surface area contributed by atoms with Crippen LogP contribution in [0.5, 0.6) is 0 Å². The molecule has 0 aliphatic heterocycles. The molecule has 0 unspecified atom stereocenters. The lowest BCUT2D eigenvalue weighted by molar-refractivity contribution is 0.453. The van der Waals surface area contributed by atoms with Gasteiger partial charge >= 0.3 is 0 Å². The highest BCUT2D eigenvalue weighted by atomic mass is 31.2. The maximum absolute atomic E-state index is 14.4. The molecule has 2 saturated carbocycles. The molecule has 2 aliphatic carbocycles. The largest absolute Gasteiger partial charge is 0.378 e. The Morgan fingerprint density at radius 3 is 1.61 bits per heavy atom. The van der Waals surface area contributed by atoms with Crippen LogP contribution in [0.15, 0.2) is 24.3 Å². The topological polar surface area (TPSA) is 20.3 Å². The SMILES string of the molecule is CN(C)c1ccc(P(=O)(C2CCCCC2)C2CCCCC2)cc1. The fourth-order valence-corrected chi connectivity index (χ4v) is 8.95. The summed E-state index contributed by atoms with van der Waals surface area (Å²) in [5, 5.41) is 1.17. The molecule has 0 spiro atoms. The molecule has 2 fully saturated rings. The van der Waals surface area contributed by atoms with Gasteiger partial charge in [0.15, 0.2) is 0 Å². The molecule has 0 saturated heterocycles. The van der Waals surface area contributed by atoms with Crippen LogP contribution >= 0.6 is 7.14 Å². The lowest BCUT2D eigenvalue weighted by atomic mass is 9.99. The minimum Gasteiger partial charge on any atom is -0.378 e. The standard InChI is InChI=1S/C20H32NOP/c1-21(2)17-13-15-20(16-14-17)23(22,18-9-5-3-6-10-18)19-11-7-4-8-12-19/h13-16,18-19H,3-12H2,1-2H3. The number of hydrogen-bond donors (Lipinski definition) is 0. The van der Waals surface area contributed by atoms with Crippen molar-refractivity contribution in [2.24, 2.45) is 0 Å². The average Bonchev–Trinajstić information content (AvgIpc) is 2.62. The summed E-state index contributed by atoms with van der Waals surface area (Å²) in [4.78, 5) is 2.12. The van der Waals surface area contributed by atoms with E-state index >= 15 is 0 Å². The zero-order chi connectivity index (χ0) is 16.3. The first kappa shape index (κ1) is 17.1. The van der Waals surface area contributed by atoms with E-state index in [0.717, 1.165) is 0 Å². The first-order valence-corrected chi connectivity index (χ1v) is 11.3. The Morgan fingerprint density at radius 2 is 1.22 bits per heavy atom. The maximum Gasteiger partial charge on any atom is 0.121 e. The minimum absolute atomic E-state index is 0.449. The highest BCUT2D eigenvalue weighted by molar-refractivity contribution is 7.73. The number of anilines is 1. The molecule has 0 N–H and O–H groups in total. The summed E-state index contributed by atoms with van der Waals surface area (Å²) in [6.07, 6.45) is 12.5. The quantitative estimate of drug-likeness (QED) is 0.687. The van der Waals surface area contributed by atoms with E-state index in [2.05, 4.69) is 43.3 Å². The first-order chi connectivity index (χ1) is 11.1. The first-order valence-electron chi connectivity index (χ1n) is 9.49. The van der Waals surface area contributed by atoms with Gasteiger partial charge in [-0.1, -0.05) is 38.5 Å². The van der Waals surface area contributed by atoms with Gasteiger partial charge in [-0.2, -0.15) is 0 Å². The van der Waals surface area contributed by atoms with Gasteiger partial charge in [-0.15, -0.1) is 0 Å².